The zero-order chi connectivity index (χ0) is 21.4. The van der Waals surface area contributed by atoms with E-state index in [0.29, 0.717) is 18.4 Å². The third-order valence-corrected chi connectivity index (χ3v) is 5.45. The fourth-order valence-electron chi connectivity index (χ4n) is 3.97. The van der Waals surface area contributed by atoms with E-state index in [0.717, 1.165) is 24.2 Å². The summed E-state index contributed by atoms with van der Waals surface area (Å²) in [5.41, 5.74) is -3.02. The van der Waals surface area contributed by atoms with Crippen LogP contribution in [0.2, 0.25) is 0 Å². The summed E-state index contributed by atoms with van der Waals surface area (Å²) < 4.78 is 47.8. The maximum Gasteiger partial charge on any atom is 0.442 e. The first kappa shape index (κ1) is 20.2. The summed E-state index contributed by atoms with van der Waals surface area (Å²) in [5.74, 6) is -2.86. The minimum absolute atomic E-state index is 0.0791. The van der Waals surface area contributed by atoms with E-state index in [2.05, 4.69) is 4.99 Å². The molecule has 1 aliphatic heterocycles. The van der Waals surface area contributed by atoms with Gasteiger partial charge in [-0.15, -0.1) is 0 Å². The lowest BCUT2D eigenvalue weighted by molar-refractivity contribution is -0.197. The van der Waals surface area contributed by atoms with Crippen LogP contribution in [0.15, 0.2) is 58.1 Å². The second-order valence-electron chi connectivity index (χ2n) is 7.41. The van der Waals surface area contributed by atoms with Crippen molar-refractivity contribution in [2.75, 3.05) is 0 Å². The molecule has 9 heteroatoms. The van der Waals surface area contributed by atoms with Gasteiger partial charge in [-0.1, -0.05) is 49.6 Å². The molecule has 2 aromatic rings. The summed E-state index contributed by atoms with van der Waals surface area (Å²) in [4.78, 5) is 30.7. The Balaban J connectivity index is 1.81. The Bertz CT molecular complexity index is 951. The lowest BCUT2D eigenvalue weighted by Crippen LogP contribution is -2.64. The minimum Gasteiger partial charge on any atom is -0.459 e. The van der Waals surface area contributed by atoms with Crippen LogP contribution in [0.1, 0.15) is 48.2 Å². The highest BCUT2D eigenvalue weighted by molar-refractivity contribution is 6.17. The van der Waals surface area contributed by atoms with Crippen LogP contribution in [-0.2, 0) is 4.79 Å². The molecule has 1 N–H and O–H groups in total. The molecule has 158 valence electrons. The molecule has 2 amide bonds. The molecule has 30 heavy (non-hydrogen) atoms. The van der Waals surface area contributed by atoms with E-state index in [1.165, 1.54) is 18.4 Å². The Kier molecular flexibility index (Phi) is 5.13. The van der Waals surface area contributed by atoms with Gasteiger partial charge >= 0.3 is 11.8 Å². The molecular weight excluding hydrogens is 399 g/mol. The summed E-state index contributed by atoms with van der Waals surface area (Å²) >= 11 is 0. The van der Waals surface area contributed by atoms with E-state index >= 15 is 0 Å². The molecule has 6 nitrogen and oxygen atoms in total. The molecule has 2 heterocycles. The van der Waals surface area contributed by atoms with Gasteiger partial charge in [0.25, 0.3) is 11.8 Å². The molecule has 0 radical (unpaired) electrons. The molecule has 2 aliphatic rings. The summed E-state index contributed by atoms with van der Waals surface area (Å²) in [6, 6.07) is 10.4. The quantitative estimate of drug-likeness (QED) is 0.817. The van der Waals surface area contributed by atoms with Crippen molar-refractivity contribution < 1.29 is 27.2 Å². The molecule has 1 atom stereocenters. The zero-order valence-corrected chi connectivity index (χ0v) is 16.0. The van der Waals surface area contributed by atoms with Crippen LogP contribution in [-0.4, -0.2) is 40.4 Å². The van der Waals surface area contributed by atoms with Gasteiger partial charge in [0, 0.05) is 11.6 Å². The molecule has 1 fully saturated rings. The van der Waals surface area contributed by atoms with Gasteiger partial charge in [0.15, 0.2) is 5.76 Å². The SMILES string of the molecule is O=C(NC1(C(F)(F)F)N=C(c2ccccc2)N(C2CCCCC2)C1=O)c1ccco1. The Morgan fingerprint density at radius 2 is 1.80 bits per heavy atom. The molecule has 0 spiro atoms. The highest BCUT2D eigenvalue weighted by Gasteiger charge is 2.68. The van der Waals surface area contributed by atoms with Gasteiger partial charge in [0.2, 0.25) is 0 Å². The normalized spacial score (nSPS) is 22.8. The van der Waals surface area contributed by atoms with E-state index in [4.69, 9.17) is 4.42 Å². The van der Waals surface area contributed by atoms with Crippen molar-refractivity contribution in [3.8, 4) is 0 Å². The molecule has 1 saturated carbocycles. The van der Waals surface area contributed by atoms with Gasteiger partial charge in [-0.2, -0.15) is 13.2 Å². The molecule has 4 rings (SSSR count). The van der Waals surface area contributed by atoms with Crippen LogP contribution in [0.4, 0.5) is 13.2 Å². The Labute approximate surface area is 170 Å². The maximum absolute atomic E-state index is 14.3. The highest BCUT2D eigenvalue weighted by atomic mass is 19.4. The number of hydrogen-bond donors (Lipinski definition) is 1. The molecule has 0 saturated heterocycles. The van der Waals surface area contributed by atoms with E-state index in [1.54, 1.807) is 30.3 Å². The molecule has 1 aliphatic carbocycles. The van der Waals surface area contributed by atoms with Crippen molar-refractivity contribution in [2.45, 2.75) is 50.0 Å². The molecular formula is C21H20F3N3O3. The highest BCUT2D eigenvalue weighted by Crippen LogP contribution is 2.41. The Morgan fingerprint density at radius 3 is 2.40 bits per heavy atom. The smallest absolute Gasteiger partial charge is 0.442 e. The number of aliphatic imine (C=N–C) groups is 1. The van der Waals surface area contributed by atoms with E-state index in [9.17, 15) is 22.8 Å². The van der Waals surface area contributed by atoms with Crippen molar-refractivity contribution in [1.82, 2.24) is 10.2 Å². The molecule has 1 aromatic carbocycles. The number of rotatable bonds is 4. The number of halogens is 3. The fraction of sp³-hybridized carbons (Fsp3) is 0.381. The van der Waals surface area contributed by atoms with Gasteiger partial charge in [0.1, 0.15) is 5.84 Å². The van der Waals surface area contributed by atoms with Gasteiger partial charge in [-0.3, -0.25) is 14.5 Å². The van der Waals surface area contributed by atoms with Gasteiger partial charge in [-0.25, -0.2) is 4.99 Å². The summed E-state index contributed by atoms with van der Waals surface area (Å²) in [7, 11) is 0. The predicted octanol–water partition coefficient (Wildman–Crippen LogP) is 3.89. The van der Waals surface area contributed by atoms with Crippen molar-refractivity contribution in [3.63, 3.8) is 0 Å². The molecule has 1 aromatic heterocycles. The average molecular weight is 419 g/mol. The number of carbonyl (C=O) groups is 2. The number of amides is 2. The van der Waals surface area contributed by atoms with Crippen LogP contribution in [0.5, 0.6) is 0 Å². The van der Waals surface area contributed by atoms with E-state index in [-0.39, 0.29) is 11.6 Å². The van der Waals surface area contributed by atoms with Gasteiger partial charge in [0.05, 0.1) is 6.26 Å². The van der Waals surface area contributed by atoms with Gasteiger partial charge in [-0.05, 0) is 25.0 Å². The van der Waals surface area contributed by atoms with Crippen LogP contribution < -0.4 is 5.32 Å². The second-order valence-corrected chi connectivity index (χ2v) is 7.41. The monoisotopic (exact) mass is 419 g/mol. The third kappa shape index (κ3) is 3.38. The number of benzene rings is 1. The van der Waals surface area contributed by atoms with E-state index < -0.39 is 29.7 Å². The summed E-state index contributed by atoms with van der Waals surface area (Å²) in [6.45, 7) is 0. The number of amidine groups is 1. The number of nitrogens with zero attached hydrogens (tertiary/aromatic N) is 2. The second kappa shape index (κ2) is 7.62. The standard InChI is InChI=1S/C21H20F3N3O3/c22-21(23,24)20(26-18(28)16-12-7-13-30-16)19(29)27(15-10-5-2-6-11-15)17(25-20)14-8-3-1-4-9-14/h1,3-4,7-9,12-13,15H,2,5-6,10-11H2,(H,26,28). The first-order chi connectivity index (χ1) is 14.3. The molecule has 0 bridgehead atoms. The number of alkyl halides is 3. The Hall–Kier alpha value is -3.10. The lowest BCUT2D eigenvalue weighted by atomic mass is 9.93. The van der Waals surface area contributed by atoms with Crippen molar-refractivity contribution in [2.24, 2.45) is 4.99 Å². The number of carbonyl (C=O) groups excluding carboxylic acids is 2. The lowest BCUT2D eigenvalue weighted by Gasteiger charge is -2.34. The van der Waals surface area contributed by atoms with Crippen molar-refractivity contribution in [1.29, 1.82) is 0 Å². The van der Waals surface area contributed by atoms with E-state index in [1.807, 2.05) is 5.32 Å². The Morgan fingerprint density at radius 1 is 1.10 bits per heavy atom. The van der Waals surface area contributed by atoms with Crippen molar-refractivity contribution >= 4 is 17.6 Å². The summed E-state index contributed by atoms with van der Waals surface area (Å²) in [5, 5.41) is 1.82. The predicted molar refractivity (Wildman–Crippen MR) is 102 cm³/mol. The first-order valence-electron chi connectivity index (χ1n) is 9.75. The number of furan rings is 1. The van der Waals surface area contributed by atoms with Crippen molar-refractivity contribution in [3.05, 3.63) is 60.1 Å². The molecule has 1 unspecified atom stereocenters. The summed E-state index contributed by atoms with van der Waals surface area (Å²) in [6.07, 6.45) is -0.220. The van der Waals surface area contributed by atoms with Crippen LogP contribution in [0, 0.1) is 0 Å². The number of nitrogens with one attached hydrogen (secondary N) is 1. The van der Waals surface area contributed by atoms with Crippen LogP contribution in [0.3, 0.4) is 0 Å². The fourth-order valence-corrected chi connectivity index (χ4v) is 3.97. The first-order valence-corrected chi connectivity index (χ1v) is 9.75. The topological polar surface area (TPSA) is 74.9 Å². The van der Waals surface area contributed by atoms with Gasteiger partial charge < -0.3 is 9.73 Å². The number of hydrogen-bond acceptors (Lipinski definition) is 4. The third-order valence-electron chi connectivity index (χ3n) is 5.45. The van der Waals surface area contributed by atoms with Crippen LogP contribution in [0.25, 0.3) is 0 Å². The average Bonchev–Trinajstić information content (AvgIpc) is 3.37. The van der Waals surface area contributed by atoms with Crippen LogP contribution >= 0.6 is 0 Å². The maximum atomic E-state index is 14.3. The zero-order valence-electron chi connectivity index (χ0n) is 16.0. The minimum atomic E-state index is -5.14. The largest absolute Gasteiger partial charge is 0.459 e.